The first-order valence-corrected chi connectivity index (χ1v) is 7.47. The summed E-state index contributed by atoms with van der Waals surface area (Å²) in [4.78, 5) is 4.87. The normalized spacial score (nSPS) is 18.8. The van der Waals surface area contributed by atoms with Gasteiger partial charge in [-0.15, -0.1) is 0 Å². The fourth-order valence-corrected chi connectivity index (χ4v) is 3.05. The lowest BCUT2D eigenvalue weighted by Crippen LogP contribution is -2.21. The van der Waals surface area contributed by atoms with Crippen LogP contribution in [0.25, 0.3) is 10.9 Å². The first-order valence-electron chi connectivity index (χ1n) is 7.47. The number of hydrogen-bond acceptors (Lipinski definition) is 2. The molecular weight excluding hydrogens is 246 g/mol. The van der Waals surface area contributed by atoms with Gasteiger partial charge in [-0.1, -0.05) is 39.0 Å². The SMILES string of the molecule is Cc1c2c(nc3c(C(C)(C)C)cccc13)OC(C)CC2. The molecule has 3 rings (SSSR count). The molecule has 0 amide bonds. The molecule has 0 radical (unpaired) electrons. The zero-order chi connectivity index (χ0) is 14.5. The van der Waals surface area contributed by atoms with Crippen LogP contribution in [-0.4, -0.2) is 11.1 Å². The molecule has 2 heterocycles. The highest BCUT2D eigenvalue weighted by Crippen LogP contribution is 2.36. The molecule has 0 spiro atoms. The van der Waals surface area contributed by atoms with E-state index in [1.165, 1.54) is 22.1 Å². The van der Waals surface area contributed by atoms with Crippen molar-refractivity contribution in [3.63, 3.8) is 0 Å². The first-order chi connectivity index (χ1) is 9.38. The molecule has 2 nitrogen and oxygen atoms in total. The molecule has 20 heavy (non-hydrogen) atoms. The van der Waals surface area contributed by atoms with E-state index in [1.54, 1.807) is 0 Å². The second-order valence-electron chi connectivity index (χ2n) is 6.94. The average Bonchev–Trinajstić information content (AvgIpc) is 2.37. The van der Waals surface area contributed by atoms with Gasteiger partial charge < -0.3 is 4.74 Å². The Morgan fingerprint density at radius 1 is 1.25 bits per heavy atom. The summed E-state index contributed by atoms with van der Waals surface area (Å²) in [6.07, 6.45) is 2.43. The summed E-state index contributed by atoms with van der Waals surface area (Å²) in [7, 11) is 0. The molecular formula is C18H23NO. The summed E-state index contributed by atoms with van der Waals surface area (Å²) in [5, 5.41) is 1.27. The van der Waals surface area contributed by atoms with Crippen molar-refractivity contribution >= 4 is 10.9 Å². The molecule has 0 aliphatic carbocycles. The third kappa shape index (κ3) is 2.07. The van der Waals surface area contributed by atoms with E-state index in [0.29, 0.717) is 0 Å². The number of pyridine rings is 1. The van der Waals surface area contributed by atoms with Crippen LogP contribution in [0.4, 0.5) is 0 Å². The largest absolute Gasteiger partial charge is 0.474 e. The van der Waals surface area contributed by atoms with Crippen LogP contribution >= 0.6 is 0 Å². The van der Waals surface area contributed by atoms with Gasteiger partial charge in [0, 0.05) is 10.9 Å². The molecule has 0 saturated heterocycles. The fraction of sp³-hybridized carbons (Fsp3) is 0.500. The topological polar surface area (TPSA) is 22.1 Å². The minimum absolute atomic E-state index is 0.0907. The number of para-hydroxylation sites is 1. The van der Waals surface area contributed by atoms with Gasteiger partial charge in [-0.25, -0.2) is 4.98 Å². The van der Waals surface area contributed by atoms with Crippen molar-refractivity contribution < 1.29 is 4.74 Å². The molecule has 0 bridgehead atoms. The Labute approximate surface area is 121 Å². The Balaban J connectivity index is 2.32. The minimum atomic E-state index is 0.0907. The van der Waals surface area contributed by atoms with Crippen LogP contribution in [0.15, 0.2) is 18.2 Å². The van der Waals surface area contributed by atoms with Crippen molar-refractivity contribution in [3.05, 3.63) is 34.9 Å². The highest BCUT2D eigenvalue weighted by Gasteiger charge is 2.24. The molecule has 0 fully saturated rings. The van der Waals surface area contributed by atoms with Gasteiger partial charge in [0.1, 0.15) is 0 Å². The smallest absolute Gasteiger partial charge is 0.217 e. The molecule has 1 unspecified atom stereocenters. The van der Waals surface area contributed by atoms with Crippen LogP contribution in [0.1, 0.15) is 50.8 Å². The van der Waals surface area contributed by atoms with Crippen molar-refractivity contribution in [2.24, 2.45) is 0 Å². The predicted molar refractivity (Wildman–Crippen MR) is 83.6 cm³/mol. The van der Waals surface area contributed by atoms with Gasteiger partial charge in [-0.05, 0) is 43.2 Å². The maximum absolute atomic E-state index is 5.98. The molecule has 2 aromatic rings. The molecule has 0 N–H and O–H groups in total. The van der Waals surface area contributed by atoms with Gasteiger partial charge >= 0.3 is 0 Å². The van der Waals surface area contributed by atoms with Crippen LogP contribution in [0.2, 0.25) is 0 Å². The lowest BCUT2D eigenvalue weighted by Gasteiger charge is -2.27. The van der Waals surface area contributed by atoms with Crippen molar-refractivity contribution in [1.82, 2.24) is 4.98 Å². The van der Waals surface area contributed by atoms with E-state index in [-0.39, 0.29) is 11.5 Å². The van der Waals surface area contributed by atoms with Crippen molar-refractivity contribution in [2.75, 3.05) is 0 Å². The number of nitrogens with zero attached hydrogens (tertiary/aromatic N) is 1. The van der Waals surface area contributed by atoms with Gasteiger partial charge in [0.05, 0.1) is 11.6 Å². The molecule has 2 heteroatoms. The lowest BCUT2D eigenvalue weighted by atomic mass is 9.84. The highest BCUT2D eigenvalue weighted by molar-refractivity contribution is 5.87. The van der Waals surface area contributed by atoms with E-state index in [0.717, 1.165) is 24.2 Å². The number of aryl methyl sites for hydroxylation is 1. The van der Waals surface area contributed by atoms with E-state index >= 15 is 0 Å². The van der Waals surface area contributed by atoms with E-state index in [2.05, 4.69) is 52.8 Å². The Bertz CT molecular complexity index is 667. The molecule has 1 aliphatic heterocycles. The van der Waals surface area contributed by atoms with Gasteiger partial charge in [0.25, 0.3) is 0 Å². The average molecular weight is 269 g/mol. The number of aromatic nitrogens is 1. The first kappa shape index (κ1) is 13.4. The summed E-state index contributed by atoms with van der Waals surface area (Å²) in [6, 6.07) is 6.52. The highest BCUT2D eigenvalue weighted by atomic mass is 16.5. The summed E-state index contributed by atoms with van der Waals surface area (Å²) in [5.74, 6) is 0.852. The zero-order valence-electron chi connectivity index (χ0n) is 13.1. The zero-order valence-corrected chi connectivity index (χ0v) is 13.1. The minimum Gasteiger partial charge on any atom is -0.474 e. The summed E-state index contributed by atoms with van der Waals surface area (Å²) in [6.45, 7) is 11.0. The van der Waals surface area contributed by atoms with Crippen molar-refractivity contribution in [2.45, 2.75) is 59.0 Å². The summed E-state index contributed by atoms with van der Waals surface area (Å²) >= 11 is 0. The van der Waals surface area contributed by atoms with Gasteiger partial charge in [0.2, 0.25) is 5.88 Å². The standard InChI is InChI=1S/C18H23NO/c1-11-9-10-14-12(2)13-7-6-8-15(18(3,4)5)16(13)19-17(14)20-11/h6-8,11H,9-10H2,1-5H3. The summed E-state index contributed by atoms with van der Waals surface area (Å²) in [5.41, 5.74) is 5.12. The lowest BCUT2D eigenvalue weighted by molar-refractivity contribution is 0.184. The predicted octanol–water partition coefficient (Wildman–Crippen LogP) is 4.55. The van der Waals surface area contributed by atoms with Gasteiger partial charge in [-0.2, -0.15) is 0 Å². The molecule has 1 atom stereocenters. The second-order valence-corrected chi connectivity index (χ2v) is 6.94. The Morgan fingerprint density at radius 3 is 2.70 bits per heavy atom. The third-order valence-electron chi connectivity index (χ3n) is 4.29. The Morgan fingerprint density at radius 2 is 2.00 bits per heavy atom. The number of fused-ring (bicyclic) bond motifs is 2. The van der Waals surface area contributed by atoms with E-state index in [4.69, 9.17) is 9.72 Å². The van der Waals surface area contributed by atoms with Crippen molar-refractivity contribution in [3.8, 4) is 5.88 Å². The van der Waals surface area contributed by atoms with Crippen LogP contribution in [0.5, 0.6) is 5.88 Å². The maximum Gasteiger partial charge on any atom is 0.217 e. The molecule has 1 aliphatic rings. The third-order valence-corrected chi connectivity index (χ3v) is 4.29. The molecule has 106 valence electrons. The van der Waals surface area contributed by atoms with Crippen LogP contribution < -0.4 is 4.74 Å². The molecule has 1 aromatic heterocycles. The molecule has 1 aromatic carbocycles. The van der Waals surface area contributed by atoms with Crippen LogP contribution in [0, 0.1) is 6.92 Å². The van der Waals surface area contributed by atoms with Crippen LogP contribution in [-0.2, 0) is 11.8 Å². The molecule has 0 saturated carbocycles. The monoisotopic (exact) mass is 269 g/mol. The Kier molecular flexibility index (Phi) is 3.00. The number of hydrogen-bond donors (Lipinski definition) is 0. The number of rotatable bonds is 0. The number of benzene rings is 1. The van der Waals surface area contributed by atoms with Gasteiger partial charge in [-0.3, -0.25) is 0 Å². The van der Waals surface area contributed by atoms with E-state index < -0.39 is 0 Å². The quantitative estimate of drug-likeness (QED) is 0.699. The van der Waals surface area contributed by atoms with Gasteiger partial charge in [0.15, 0.2) is 0 Å². The second kappa shape index (κ2) is 4.47. The van der Waals surface area contributed by atoms with E-state index in [1.807, 2.05) is 0 Å². The summed E-state index contributed by atoms with van der Waals surface area (Å²) < 4.78 is 5.98. The number of ether oxygens (including phenoxy) is 1. The van der Waals surface area contributed by atoms with E-state index in [9.17, 15) is 0 Å². The Hall–Kier alpha value is -1.57. The van der Waals surface area contributed by atoms with Crippen molar-refractivity contribution in [1.29, 1.82) is 0 Å². The van der Waals surface area contributed by atoms with Crippen LogP contribution in [0.3, 0.4) is 0 Å². The fourth-order valence-electron chi connectivity index (χ4n) is 3.05. The maximum atomic E-state index is 5.98.